The predicted octanol–water partition coefficient (Wildman–Crippen LogP) is 0.749. The van der Waals surface area contributed by atoms with Crippen LogP contribution in [0.1, 0.15) is 2.74 Å². The first kappa shape index (κ1) is 1.28. The van der Waals surface area contributed by atoms with Crippen LogP contribution in [-0.2, 0) is 0 Å². The van der Waals surface area contributed by atoms with Crippen LogP contribution >= 0.6 is 11.6 Å². The normalized spacial score (nSPS) is 16.0. The third-order valence-corrected chi connectivity index (χ3v) is 0.127. The van der Waals surface area contributed by atoms with Gasteiger partial charge in [0.05, 0.1) is 8.81 Å². The van der Waals surface area contributed by atoms with Crippen LogP contribution in [-0.4, -0.2) is 5.83 Å². The molecule has 0 aliphatic rings. The average Bonchev–Trinajstić information content (AvgIpc) is 1.35. The van der Waals surface area contributed by atoms with Gasteiger partial charge in [-0.2, -0.15) is 5.26 Å². The van der Waals surface area contributed by atoms with Crippen molar-refractivity contribution in [3.8, 4) is 6.07 Å². The third kappa shape index (κ3) is 1.78. The molecule has 0 aliphatic heterocycles. The Labute approximate surface area is 32.6 Å². The SMILES string of the molecule is [2H]C([2H])(Cl)C#N. The number of alkyl halides is 1. The van der Waals surface area contributed by atoms with Gasteiger partial charge < -0.3 is 0 Å². The first-order chi connectivity index (χ1) is 2.56. The Morgan fingerprint density at radius 3 is 2.75 bits per heavy atom. The molecule has 4 heavy (non-hydrogen) atoms. The summed E-state index contributed by atoms with van der Waals surface area (Å²) in [6.45, 7) is 0. The van der Waals surface area contributed by atoms with E-state index in [0.717, 1.165) is 0 Å². The summed E-state index contributed by atoms with van der Waals surface area (Å²) in [5.74, 6) is -2.18. The summed E-state index contributed by atoms with van der Waals surface area (Å²) in [6.07, 6.45) is 0. The van der Waals surface area contributed by atoms with E-state index in [9.17, 15) is 0 Å². The fraction of sp³-hybridized carbons (Fsp3) is 0.500. The number of nitrogens with zero attached hydrogens (tertiary/aromatic N) is 1. The second-order valence-corrected chi connectivity index (χ2v) is 0.395. The van der Waals surface area contributed by atoms with Crippen molar-refractivity contribution < 1.29 is 2.74 Å². The maximum absolute atomic E-state index is 7.65. The summed E-state index contributed by atoms with van der Waals surface area (Å²) in [7, 11) is 0. The molecule has 0 aromatic carbocycles. The van der Waals surface area contributed by atoms with Crippen molar-refractivity contribution in [2.75, 3.05) is 5.83 Å². The summed E-state index contributed by atoms with van der Waals surface area (Å²) in [5, 5.41) is 7.65. The van der Waals surface area contributed by atoms with E-state index in [0.29, 0.717) is 0 Å². The zero-order valence-electron chi connectivity index (χ0n) is 3.83. The van der Waals surface area contributed by atoms with E-state index in [2.05, 4.69) is 11.6 Å². The van der Waals surface area contributed by atoms with Crippen LogP contribution < -0.4 is 0 Å². The van der Waals surface area contributed by atoms with Crippen molar-refractivity contribution in [1.82, 2.24) is 0 Å². The molecule has 0 rings (SSSR count). The molecular formula is C2H2ClN. The Balaban J connectivity index is 3.55. The molecule has 0 aromatic heterocycles. The van der Waals surface area contributed by atoms with Crippen LogP contribution in [0.4, 0.5) is 0 Å². The molecule has 2 heteroatoms. The van der Waals surface area contributed by atoms with Crippen LogP contribution in [0.3, 0.4) is 0 Å². The number of halogens is 1. The molecule has 0 spiro atoms. The quantitative estimate of drug-likeness (QED) is 0.392. The smallest absolute Gasteiger partial charge is 0.109 e. The van der Waals surface area contributed by atoms with Gasteiger partial charge >= 0.3 is 0 Å². The van der Waals surface area contributed by atoms with Gasteiger partial charge in [0.15, 0.2) is 0 Å². The third-order valence-electron chi connectivity index (χ3n) is 0.0423. The molecule has 0 amide bonds. The highest BCUT2D eigenvalue weighted by Gasteiger charge is 1.52. The van der Waals surface area contributed by atoms with Gasteiger partial charge in [0.25, 0.3) is 0 Å². The lowest BCUT2D eigenvalue weighted by molar-refractivity contribution is 1.49. The molecule has 0 N–H and O–H groups in total. The summed E-state index contributed by atoms with van der Waals surface area (Å²) in [4.78, 5) is 0. The van der Waals surface area contributed by atoms with Crippen molar-refractivity contribution >= 4 is 11.6 Å². The lowest BCUT2D eigenvalue weighted by Crippen LogP contribution is -1.47. The molecular weight excluding hydrogens is 73.5 g/mol. The standard InChI is InChI=1S/C2H2ClN/c3-1-2-4/h1H2/i1D2. The molecule has 0 aliphatic carbocycles. The lowest BCUT2D eigenvalue weighted by atomic mass is 10.9. The first-order valence-electron chi connectivity index (χ1n) is 1.66. The topological polar surface area (TPSA) is 23.8 Å². The van der Waals surface area contributed by atoms with Crippen molar-refractivity contribution in [2.45, 2.75) is 0 Å². The minimum absolute atomic E-state index is 1.20. The molecule has 0 atom stereocenters. The van der Waals surface area contributed by atoms with Crippen LogP contribution in [0.5, 0.6) is 0 Å². The van der Waals surface area contributed by atoms with Crippen LogP contribution in [0, 0.1) is 11.3 Å². The Kier molecular flexibility index (Phi) is 0.889. The van der Waals surface area contributed by atoms with E-state index >= 15 is 0 Å². The van der Waals surface area contributed by atoms with Gasteiger partial charge in [-0.05, 0) is 0 Å². The maximum atomic E-state index is 7.65. The fourth-order valence-electron chi connectivity index (χ4n) is 0. The highest BCUT2D eigenvalue weighted by molar-refractivity contribution is 6.19. The lowest BCUT2D eigenvalue weighted by Gasteiger charge is -1.44. The van der Waals surface area contributed by atoms with Gasteiger partial charge in [0.1, 0.15) is 5.83 Å². The van der Waals surface area contributed by atoms with Gasteiger partial charge in [-0.3, -0.25) is 0 Å². The molecule has 0 heterocycles. The van der Waals surface area contributed by atoms with Gasteiger partial charge in [-0.25, -0.2) is 0 Å². The van der Waals surface area contributed by atoms with Crippen LogP contribution in [0.15, 0.2) is 0 Å². The molecule has 0 radical (unpaired) electrons. The van der Waals surface area contributed by atoms with Crippen LogP contribution in [0.2, 0.25) is 0 Å². The molecule has 0 fully saturated rings. The molecule has 0 bridgehead atoms. The van der Waals surface area contributed by atoms with Gasteiger partial charge in [0, 0.05) is 0 Å². The monoisotopic (exact) mass is 77.0 g/mol. The van der Waals surface area contributed by atoms with E-state index in [1.54, 1.807) is 0 Å². The van der Waals surface area contributed by atoms with E-state index < -0.39 is 5.83 Å². The maximum Gasteiger partial charge on any atom is 0.109 e. The Hall–Kier alpha value is -0.220. The summed E-state index contributed by atoms with van der Waals surface area (Å²) in [6, 6.07) is 1.20. The summed E-state index contributed by atoms with van der Waals surface area (Å²) < 4.78 is 12.5. The second kappa shape index (κ2) is 2.78. The van der Waals surface area contributed by atoms with E-state index in [-0.39, 0.29) is 0 Å². The van der Waals surface area contributed by atoms with Crippen molar-refractivity contribution in [2.24, 2.45) is 0 Å². The highest BCUT2D eigenvalue weighted by Crippen LogP contribution is 1.61. The minimum Gasteiger partial charge on any atom is -0.197 e. The fourth-order valence-corrected chi connectivity index (χ4v) is 0. The minimum atomic E-state index is -2.18. The molecule has 0 aromatic rings. The number of hydrogen-bond acceptors (Lipinski definition) is 1. The van der Waals surface area contributed by atoms with Crippen LogP contribution in [0.25, 0.3) is 0 Å². The number of rotatable bonds is 0. The number of hydrogen-bond donors (Lipinski definition) is 0. The van der Waals surface area contributed by atoms with Crippen molar-refractivity contribution in [3.63, 3.8) is 0 Å². The average molecular weight is 77.5 g/mol. The molecule has 22 valence electrons. The van der Waals surface area contributed by atoms with E-state index in [1.807, 2.05) is 0 Å². The molecule has 0 saturated heterocycles. The van der Waals surface area contributed by atoms with Gasteiger partial charge in [0.2, 0.25) is 0 Å². The second-order valence-electron chi connectivity index (χ2n) is 0.206. The van der Waals surface area contributed by atoms with E-state index in [1.165, 1.54) is 6.07 Å². The zero-order valence-corrected chi connectivity index (χ0v) is 2.58. The number of nitriles is 1. The van der Waals surface area contributed by atoms with Gasteiger partial charge in [-0.1, -0.05) is 0 Å². The highest BCUT2D eigenvalue weighted by atomic mass is 35.5. The molecule has 0 saturated carbocycles. The first-order valence-corrected chi connectivity index (χ1v) is 1.04. The zero-order chi connectivity index (χ0) is 5.21. The predicted molar refractivity (Wildman–Crippen MR) is 16.3 cm³/mol. The summed E-state index contributed by atoms with van der Waals surface area (Å²) >= 11 is 4.69. The van der Waals surface area contributed by atoms with Crippen molar-refractivity contribution in [1.29, 1.82) is 5.26 Å². The van der Waals surface area contributed by atoms with Crippen molar-refractivity contribution in [3.05, 3.63) is 0 Å². The van der Waals surface area contributed by atoms with E-state index in [4.69, 9.17) is 8.00 Å². The molecule has 0 unspecified atom stereocenters. The molecule has 1 nitrogen and oxygen atoms in total. The largest absolute Gasteiger partial charge is 0.197 e. The van der Waals surface area contributed by atoms with Gasteiger partial charge in [-0.15, -0.1) is 11.6 Å². The summed E-state index contributed by atoms with van der Waals surface area (Å²) in [5.41, 5.74) is 0. The Morgan fingerprint density at radius 2 is 2.75 bits per heavy atom. The Morgan fingerprint density at radius 1 is 2.50 bits per heavy atom. The Bertz CT molecular complexity index is 78.5.